The van der Waals surface area contributed by atoms with E-state index in [1.807, 2.05) is 0 Å². The van der Waals surface area contributed by atoms with Crippen LogP contribution in [0.2, 0.25) is 0 Å². The van der Waals surface area contributed by atoms with E-state index in [1.165, 1.54) is 173 Å². The van der Waals surface area contributed by atoms with Crippen molar-refractivity contribution in [1.82, 2.24) is 0 Å². The first-order valence-electron chi connectivity index (χ1n) is 28.0. The van der Waals surface area contributed by atoms with E-state index >= 15 is 0 Å². The van der Waals surface area contributed by atoms with Gasteiger partial charge in [0.1, 0.15) is 13.2 Å². The number of esters is 3. The van der Waals surface area contributed by atoms with E-state index in [4.69, 9.17) is 14.2 Å². The first-order chi connectivity index (χ1) is 31.5. The number of hydrogen-bond acceptors (Lipinski definition) is 6. The van der Waals surface area contributed by atoms with Crippen molar-refractivity contribution in [3.8, 4) is 0 Å². The van der Waals surface area contributed by atoms with Crippen molar-refractivity contribution in [3.05, 3.63) is 36.5 Å². The molecule has 0 rings (SSSR count). The van der Waals surface area contributed by atoms with Gasteiger partial charge in [-0.1, -0.05) is 237 Å². The van der Waals surface area contributed by atoms with Gasteiger partial charge in [-0.15, -0.1) is 0 Å². The Hall–Kier alpha value is -2.37. The molecule has 0 heterocycles. The highest BCUT2D eigenvalue weighted by Gasteiger charge is 2.19. The van der Waals surface area contributed by atoms with E-state index in [1.54, 1.807) is 0 Å². The first-order valence-corrected chi connectivity index (χ1v) is 28.0. The second-order valence-electron chi connectivity index (χ2n) is 18.8. The van der Waals surface area contributed by atoms with Gasteiger partial charge >= 0.3 is 17.9 Å². The Bertz CT molecular complexity index is 1080. The van der Waals surface area contributed by atoms with E-state index < -0.39 is 6.10 Å². The van der Waals surface area contributed by atoms with Crippen molar-refractivity contribution in [1.29, 1.82) is 0 Å². The molecule has 0 aliphatic rings. The maximum Gasteiger partial charge on any atom is 0.306 e. The average Bonchev–Trinajstić information content (AvgIpc) is 3.29. The number of unbranched alkanes of at least 4 members (excludes halogenated alkanes) is 34. The molecule has 0 aromatic rings. The van der Waals surface area contributed by atoms with Crippen LogP contribution in [0.3, 0.4) is 0 Å². The quantitative estimate of drug-likeness (QED) is 0.0262. The molecule has 1 atom stereocenters. The third kappa shape index (κ3) is 50.6. The van der Waals surface area contributed by atoms with Gasteiger partial charge in [0, 0.05) is 19.3 Å². The number of allylic oxidation sites excluding steroid dienone is 6. The molecule has 0 radical (unpaired) electrons. The van der Waals surface area contributed by atoms with Crippen molar-refractivity contribution in [2.24, 2.45) is 0 Å². The highest BCUT2D eigenvalue weighted by molar-refractivity contribution is 5.71. The Morgan fingerprint density at radius 3 is 0.906 bits per heavy atom. The lowest BCUT2D eigenvalue weighted by Crippen LogP contribution is -2.30. The summed E-state index contributed by atoms with van der Waals surface area (Å²) in [5, 5.41) is 0. The maximum absolute atomic E-state index is 12.8. The Kier molecular flexibility index (Phi) is 51.3. The zero-order valence-electron chi connectivity index (χ0n) is 42.8. The molecule has 0 aromatic heterocycles. The van der Waals surface area contributed by atoms with Crippen LogP contribution in [-0.2, 0) is 28.6 Å². The molecule has 0 aliphatic carbocycles. The number of carbonyl (C=O) groups excluding carboxylic acids is 3. The average molecular weight is 899 g/mol. The van der Waals surface area contributed by atoms with Gasteiger partial charge in [-0.3, -0.25) is 14.4 Å². The van der Waals surface area contributed by atoms with Crippen molar-refractivity contribution >= 4 is 17.9 Å². The van der Waals surface area contributed by atoms with Crippen LogP contribution in [0, 0.1) is 0 Å². The van der Waals surface area contributed by atoms with Gasteiger partial charge in [0.05, 0.1) is 0 Å². The third-order valence-electron chi connectivity index (χ3n) is 12.4. The van der Waals surface area contributed by atoms with Crippen LogP contribution >= 0.6 is 0 Å². The van der Waals surface area contributed by atoms with Gasteiger partial charge in [0.15, 0.2) is 6.10 Å². The van der Waals surface area contributed by atoms with Crippen molar-refractivity contribution in [2.75, 3.05) is 13.2 Å². The van der Waals surface area contributed by atoms with Crippen LogP contribution in [0.25, 0.3) is 0 Å². The van der Waals surface area contributed by atoms with Crippen LogP contribution in [0.5, 0.6) is 0 Å². The zero-order chi connectivity index (χ0) is 46.5. The minimum Gasteiger partial charge on any atom is -0.462 e. The lowest BCUT2D eigenvalue weighted by molar-refractivity contribution is -0.167. The van der Waals surface area contributed by atoms with E-state index in [0.717, 1.165) is 83.5 Å². The lowest BCUT2D eigenvalue weighted by Gasteiger charge is -2.18. The predicted octanol–water partition coefficient (Wildman–Crippen LogP) is 18.5. The summed E-state index contributed by atoms with van der Waals surface area (Å²) < 4.78 is 16.8. The number of ether oxygens (including phenoxy) is 3. The highest BCUT2D eigenvalue weighted by atomic mass is 16.6. The van der Waals surface area contributed by atoms with Crippen molar-refractivity contribution in [2.45, 2.75) is 303 Å². The summed E-state index contributed by atoms with van der Waals surface area (Å²) >= 11 is 0. The monoisotopic (exact) mass is 899 g/mol. The molecule has 0 bridgehead atoms. The molecular formula is C58H106O6. The third-order valence-corrected chi connectivity index (χ3v) is 12.4. The number of hydrogen-bond donors (Lipinski definition) is 0. The lowest BCUT2D eigenvalue weighted by atomic mass is 10.0. The Labute approximate surface area is 397 Å². The van der Waals surface area contributed by atoms with Crippen LogP contribution < -0.4 is 0 Å². The van der Waals surface area contributed by atoms with E-state index in [9.17, 15) is 14.4 Å². The Morgan fingerprint density at radius 1 is 0.312 bits per heavy atom. The number of rotatable bonds is 51. The molecule has 0 fully saturated rings. The van der Waals surface area contributed by atoms with Crippen LogP contribution in [0.4, 0.5) is 0 Å². The molecule has 0 unspecified atom stereocenters. The van der Waals surface area contributed by atoms with Crippen LogP contribution in [0.15, 0.2) is 36.5 Å². The van der Waals surface area contributed by atoms with Gasteiger partial charge < -0.3 is 14.2 Å². The van der Waals surface area contributed by atoms with Crippen molar-refractivity contribution in [3.63, 3.8) is 0 Å². The molecule has 0 spiro atoms. The Balaban J connectivity index is 4.34. The van der Waals surface area contributed by atoms with Gasteiger partial charge in [0.25, 0.3) is 0 Å². The summed E-state index contributed by atoms with van der Waals surface area (Å²) in [6.45, 7) is 6.62. The largest absolute Gasteiger partial charge is 0.462 e. The molecular weight excluding hydrogens is 793 g/mol. The fraction of sp³-hybridized carbons (Fsp3) is 0.845. The summed E-state index contributed by atoms with van der Waals surface area (Å²) in [5.41, 5.74) is 0. The second kappa shape index (κ2) is 53.2. The fourth-order valence-corrected chi connectivity index (χ4v) is 8.12. The van der Waals surface area contributed by atoms with Gasteiger partial charge in [-0.05, 0) is 77.0 Å². The maximum atomic E-state index is 12.8. The summed E-state index contributed by atoms with van der Waals surface area (Å²) in [4.78, 5) is 38.1. The minimum absolute atomic E-state index is 0.0761. The first kappa shape index (κ1) is 61.6. The van der Waals surface area contributed by atoms with Crippen LogP contribution in [-0.4, -0.2) is 37.2 Å². The molecule has 0 saturated heterocycles. The van der Waals surface area contributed by atoms with Crippen molar-refractivity contribution < 1.29 is 28.6 Å². The van der Waals surface area contributed by atoms with Gasteiger partial charge in [-0.25, -0.2) is 0 Å². The smallest absolute Gasteiger partial charge is 0.306 e. The zero-order valence-corrected chi connectivity index (χ0v) is 42.8. The van der Waals surface area contributed by atoms with Gasteiger partial charge in [0.2, 0.25) is 0 Å². The van der Waals surface area contributed by atoms with Gasteiger partial charge in [-0.2, -0.15) is 0 Å². The molecule has 6 heteroatoms. The molecule has 0 N–H and O–H groups in total. The van der Waals surface area contributed by atoms with Crippen LogP contribution in [0.1, 0.15) is 297 Å². The minimum atomic E-state index is -0.778. The summed E-state index contributed by atoms with van der Waals surface area (Å²) in [6.07, 6.45) is 62.7. The predicted molar refractivity (Wildman–Crippen MR) is 275 cm³/mol. The fourth-order valence-electron chi connectivity index (χ4n) is 8.12. The topological polar surface area (TPSA) is 78.9 Å². The second-order valence-corrected chi connectivity index (χ2v) is 18.8. The molecule has 0 saturated carbocycles. The molecule has 64 heavy (non-hydrogen) atoms. The summed E-state index contributed by atoms with van der Waals surface area (Å²) in [7, 11) is 0. The molecule has 0 aliphatic heterocycles. The van der Waals surface area contributed by atoms with E-state index in [0.29, 0.717) is 19.3 Å². The highest BCUT2D eigenvalue weighted by Crippen LogP contribution is 2.16. The van der Waals surface area contributed by atoms with E-state index in [-0.39, 0.29) is 31.1 Å². The molecule has 0 aromatic carbocycles. The molecule has 6 nitrogen and oxygen atoms in total. The molecule has 374 valence electrons. The molecule has 0 amide bonds. The summed E-state index contributed by atoms with van der Waals surface area (Å²) in [5.74, 6) is -0.881. The standard InChI is InChI=1S/C58H106O6/c1-4-7-10-13-16-19-22-25-27-28-29-30-32-33-36-39-42-45-48-51-57(60)63-54-55(53-62-56(59)50-47-44-41-38-35-24-21-18-15-12-9-6-3)64-58(61)52-49-46-43-40-37-34-31-26-23-20-17-14-11-8-5-2/h17,20,26,28-29,31,55H,4-16,18-19,21-25,27,30,32-54H2,1-3H3/b20-17-,29-28-,31-26-/t55-/m1/s1. The normalized spacial score (nSPS) is 12.2. The van der Waals surface area contributed by atoms with E-state index in [2.05, 4.69) is 57.2 Å². The Morgan fingerprint density at radius 2 is 0.562 bits per heavy atom. The summed E-state index contributed by atoms with van der Waals surface area (Å²) in [6, 6.07) is 0. The number of carbonyl (C=O) groups is 3. The SMILES string of the molecule is CCCCC/C=C\C/C=C\CCCCCCCC(=O)O[C@@H](COC(=O)CCCCCCCCC/C=C\CCCCCCCCCC)COC(=O)CCCCCCCCCCCCCC.